The predicted octanol–water partition coefficient (Wildman–Crippen LogP) is 2.52. The lowest BCUT2D eigenvalue weighted by Crippen LogP contribution is -2.08. The summed E-state index contributed by atoms with van der Waals surface area (Å²) in [7, 11) is 3.90. The second-order valence-corrected chi connectivity index (χ2v) is 6.88. The zero-order valence-corrected chi connectivity index (χ0v) is 16.3. The third-order valence-corrected chi connectivity index (χ3v) is 4.56. The summed E-state index contributed by atoms with van der Waals surface area (Å²) >= 11 is 0. The Hall–Kier alpha value is -3.29. The number of fused-ring (bicyclic) bond motifs is 1. The van der Waals surface area contributed by atoms with Crippen LogP contribution in [0.3, 0.4) is 0 Å². The predicted molar refractivity (Wildman–Crippen MR) is 107 cm³/mol. The van der Waals surface area contributed by atoms with Gasteiger partial charge in [-0.15, -0.1) is 10.2 Å². The monoisotopic (exact) mass is 377 g/mol. The van der Waals surface area contributed by atoms with Crippen LogP contribution in [-0.4, -0.2) is 43.9 Å². The van der Waals surface area contributed by atoms with E-state index in [0.717, 1.165) is 48.2 Å². The van der Waals surface area contributed by atoms with Crippen molar-refractivity contribution in [3.63, 3.8) is 0 Å². The molecule has 0 saturated carbocycles. The van der Waals surface area contributed by atoms with E-state index < -0.39 is 0 Å². The third kappa shape index (κ3) is 3.45. The van der Waals surface area contributed by atoms with Crippen molar-refractivity contribution in [1.29, 1.82) is 0 Å². The smallest absolute Gasteiger partial charge is 0.205 e. The van der Waals surface area contributed by atoms with Crippen molar-refractivity contribution in [2.45, 2.75) is 32.6 Å². The van der Waals surface area contributed by atoms with E-state index in [-0.39, 0.29) is 0 Å². The quantitative estimate of drug-likeness (QED) is 0.458. The Labute approximate surface area is 162 Å². The number of hydrogen-bond donors (Lipinski definition) is 0. The highest BCUT2D eigenvalue weighted by molar-refractivity contribution is 5.60. The Morgan fingerprint density at radius 3 is 2.75 bits per heavy atom. The lowest BCUT2D eigenvalue weighted by atomic mass is 10.1. The zero-order valence-electron chi connectivity index (χ0n) is 16.3. The molecule has 0 aliphatic heterocycles. The van der Waals surface area contributed by atoms with Gasteiger partial charge in [-0.3, -0.25) is 4.98 Å². The van der Waals surface area contributed by atoms with E-state index >= 15 is 0 Å². The Balaban J connectivity index is 1.83. The normalized spacial score (nSPS) is 12.2. The lowest BCUT2D eigenvalue weighted by Gasteiger charge is -2.05. The van der Waals surface area contributed by atoms with Gasteiger partial charge in [-0.25, -0.2) is 4.98 Å². The Bertz CT molecular complexity index is 1110. The van der Waals surface area contributed by atoms with Gasteiger partial charge in [0.25, 0.3) is 0 Å². The van der Waals surface area contributed by atoms with Gasteiger partial charge in [-0.2, -0.15) is 9.61 Å². The van der Waals surface area contributed by atoms with Gasteiger partial charge >= 0.3 is 0 Å². The summed E-state index contributed by atoms with van der Waals surface area (Å²) in [4.78, 5) is 10.4. The maximum absolute atomic E-state index is 5.90. The van der Waals surface area contributed by atoms with E-state index in [0.29, 0.717) is 17.2 Å². The molecule has 8 heteroatoms. The van der Waals surface area contributed by atoms with Gasteiger partial charge in [0.1, 0.15) is 11.5 Å². The van der Waals surface area contributed by atoms with Crippen molar-refractivity contribution in [3.8, 4) is 11.5 Å². The third-order valence-electron chi connectivity index (χ3n) is 4.56. The Morgan fingerprint density at radius 1 is 1.14 bits per heavy atom. The summed E-state index contributed by atoms with van der Waals surface area (Å²) in [5.74, 6) is 2.16. The van der Waals surface area contributed by atoms with Crippen molar-refractivity contribution in [2.75, 3.05) is 19.0 Å². The highest BCUT2D eigenvalue weighted by Gasteiger charge is 2.17. The van der Waals surface area contributed by atoms with Crippen LogP contribution < -0.4 is 10.1 Å². The number of aryl methyl sites for hydroxylation is 1. The molecule has 0 amide bonds. The molecule has 0 atom stereocenters. The molecule has 144 valence electrons. The van der Waals surface area contributed by atoms with Gasteiger partial charge in [0.05, 0.1) is 11.9 Å². The molecule has 0 N–H and O–H groups in total. The van der Waals surface area contributed by atoms with Crippen molar-refractivity contribution in [2.24, 2.45) is 0 Å². The fourth-order valence-electron chi connectivity index (χ4n) is 3.10. The summed E-state index contributed by atoms with van der Waals surface area (Å²) in [6.45, 7) is 2.19. The van der Waals surface area contributed by atoms with Crippen LogP contribution >= 0.6 is 0 Å². The minimum absolute atomic E-state index is 0.591. The largest absolute Gasteiger partial charge is 0.441 e. The number of hydrogen-bond acceptors (Lipinski definition) is 7. The van der Waals surface area contributed by atoms with E-state index in [1.165, 1.54) is 0 Å². The Kier molecular flexibility index (Phi) is 5.01. The van der Waals surface area contributed by atoms with Crippen LogP contribution in [0, 0.1) is 0 Å². The molecule has 0 aliphatic carbocycles. The molecule has 0 fully saturated rings. The van der Waals surface area contributed by atoms with Gasteiger partial charge in [-0.05, 0) is 25.0 Å². The zero-order chi connectivity index (χ0) is 19.5. The summed E-state index contributed by atoms with van der Waals surface area (Å²) in [5, 5.41) is 14.4. The Morgan fingerprint density at radius 2 is 2.04 bits per heavy atom. The number of nitrogens with zero attached hydrogens (tertiary/aromatic N) is 7. The van der Waals surface area contributed by atoms with E-state index in [1.54, 1.807) is 23.1 Å². The number of unbranched alkanes of at least 4 members (excludes halogenated alkanes) is 2. The number of furan rings is 1. The molecular weight excluding hydrogens is 354 g/mol. The number of anilines is 1. The highest BCUT2D eigenvalue weighted by Crippen LogP contribution is 2.18. The molecule has 0 aliphatic rings. The second-order valence-electron chi connectivity index (χ2n) is 6.88. The van der Waals surface area contributed by atoms with Crippen LogP contribution in [0.5, 0.6) is 0 Å². The van der Waals surface area contributed by atoms with E-state index in [1.807, 2.05) is 37.2 Å². The topological polar surface area (TPSA) is 85.2 Å². The molecule has 0 bridgehead atoms. The van der Waals surface area contributed by atoms with Crippen LogP contribution in [0.25, 0.3) is 23.2 Å². The average Bonchev–Trinajstić information content (AvgIpc) is 3.40. The molecule has 4 heterocycles. The molecule has 4 aromatic rings. The molecule has 28 heavy (non-hydrogen) atoms. The second kappa shape index (κ2) is 7.75. The van der Waals surface area contributed by atoms with Gasteiger partial charge in [-0.1, -0.05) is 19.8 Å². The molecule has 0 saturated heterocycles. The van der Waals surface area contributed by atoms with Crippen molar-refractivity contribution in [3.05, 3.63) is 47.4 Å². The first-order valence-corrected chi connectivity index (χ1v) is 9.46. The van der Waals surface area contributed by atoms with Gasteiger partial charge < -0.3 is 9.32 Å². The lowest BCUT2D eigenvalue weighted by molar-refractivity contribution is 0.555. The summed E-state index contributed by atoms with van der Waals surface area (Å²) in [6.07, 6.45) is 11.2. The molecule has 8 nitrogen and oxygen atoms in total. The van der Waals surface area contributed by atoms with E-state index in [2.05, 4.69) is 27.1 Å². The van der Waals surface area contributed by atoms with Crippen molar-refractivity contribution in [1.82, 2.24) is 29.8 Å². The summed E-state index contributed by atoms with van der Waals surface area (Å²) in [6, 6.07) is 3.90. The van der Waals surface area contributed by atoms with E-state index in [4.69, 9.17) is 9.52 Å². The minimum atomic E-state index is 0.591. The van der Waals surface area contributed by atoms with Gasteiger partial charge in [0, 0.05) is 37.8 Å². The average molecular weight is 377 g/mol. The van der Waals surface area contributed by atoms with Crippen LogP contribution in [0.15, 0.2) is 35.1 Å². The highest BCUT2D eigenvalue weighted by atomic mass is 16.4. The first-order chi connectivity index (χ1) is 13.7. The number of aromatic nitrogens is 6. The molecule has 0 aromatic carbocycles. The van der Waals surface area contributed by atoms with E-state index in [9.17, 15) is 0 Å². The fraction of sp³-hybridized carbons (Fsp3) is 0.350. The molecule has 4 rings (SSSR count). The van der Waals surface area contributed by atoms with Gasteiger partial charge in [0.15, 0.2) is 11.5 Å². The maximum atomic E-state index is 5.90. The van der Waals surface area contributed by atoms with Crippen LogP contribution in [0.4, 0.5) is 5.88 Å². The molecule has 4 aromatic heterocycles. The fourth-order valence-corrected chi connectivity index (χ4v) is 3.10. The standard InChI is InChI=1S/C20H23N7O/c1-4-5-6-7-16-15(12-14-8-9-18(28-14)26(2)3)19-23-24-20(27(19)25-16)17-13-21-10-11-22-17/h8-13H,4-7H2,1-3H3/b15-12-. The SMILES string of the molecule is CCCCCc1nn2c(-c3cnccn3)nnc2/c1=C\c1ccc(N(C)C)o1. The van der Waals surface area contributed by atoms with Crippen molar-refractivity contribution >= 4 is 17.6 Å². The molecular formula is C20H23N7O. The molecule has 0 radical (unpaired) electrons. The summed E-state index contributed by atoms with van der Waals surface area (Å²) in [5.41, 5.74) is 2.34. The molecule has 0 unspecified atom stereocenters. The number of rotatable bonds is 7. The molecule has 0 spiro atoms. The van der Waals surface area contributed by atoms with Gasteiger partial charge in [0.2, 0.25) is 5.82 Å². The first-order valence-electron chi connectivity index (χ1n) is 9.46. The van der Waals surface area contributed by atoms with Crippen LogP contribution in [-0.2, 0) is 6.42 Å². The van der Waals surface area contributed by atoms with Crippen LogP contribution in [0.2, 0.25) is 0 Å². The van der Waals surface area contributed by atoms with Crippen LogP contribution in [0.1, 0.15) is 37.6 Å². The summed E-state index contributed by atoms with van der Waals surface area (Å²) < 4.78 is 7.66. The maximum Gasteiger partial charge on any atom is 0.205 e. The first kappa shape index (κ1) is 18.1. The minimum Gasteiger partial charge on any atom is -0.441 e. The van der Waals surface area contributed by atoms with Crippen molar-refractivity contribution < 1.29 is 4.42 Å².